The first-order chi connectivity index (χ1) is 2.81. The van der Waals surface area contributed by atoms with E-state index in [4.69, 9.17) is 0 Å². The molecule has 0 aliphatic heterocycles. The minimum absolute atomic E-state index is 1.04. The van der Waals surface area contributed by atoms with E-state index in [0.717, 1.165) is 6.54 Å². The standard InChI is InChI=1S/C3H9IN2/c1-3-6(4)5-2/h5H,3H2,1-2H3. The van der Waals surface area contributed by atoms with Crippen LogP contribution in [0.25, 0.3) is 0 Å². The normalized spacial score (nSPS) is 10.0. The molecule has 6 heavy (non-hydrogen) atoms. The highest BCUT2D eigenvalue weighted by atomic mass is 127. The summed E-state index contributed by atoms with van der Waals surface area (Å²) < 4.78 is 1.97. The van der Waals surface area contributed by atoms with E-state index in [2.05, 4.69) is 35.2 Å². The highest BCUT2D eigenvalue weighted by molar-refractivity contribution is 14.1. The fourth-order valence-electron chi connectivity index (χ4n) is 0.158. The van der Waals surface area contributed by atoms with E-state index < -0.39 is 0 Å². The SMILES string of the molecule is CCN(I)NC. The molecule has 0 atom stereocenters. The molecule has 0 aromatic carbocycles. The molecule has 0 rings (SSSR count). The van der Waals surface area contributed by atoms with Gasteiger partial charge in [-0.3, -0.25) is 0 Å². The second kappa shape index (κ2) is 3.83. The number of nitrogens with zero attached hydrogens (tertiary/aromatic N) is 1. The number of nitrogens with one attached hydrogen (secondary N) is 1. The van der Waals surface area contributed by atoms with Crippen molar-refractivity contribution in [1.29, 1.82) is 0 Å². The summed E-state index contributed by atoms with van der Waals surface area (Å²) in [4.78, 5) is 0. The fraction of sp³-hybridized carbons (Fsp3) is 1.00. The Balaban J connectivity index is 2.75. The van der Waals surface area contributed by atoms with Crippen LogP contribution in [0.1, 0.15) is 6.92 Å². The molecule has 0 saturated heterocycles. The van der Waals surface area contributed by atoms with Crippen LogP contribution < -0.4 is 5.43 Å². The summed E-state index contributed by atoms with van der Waals surface area (Å²) in [5.41, 5.74) is 2.93. The van der Waals surface area contributed by atoms with Gasteiger partial charge in [-0.05, 0) is 7.05 Å². The van der Waals surface area contributed by atoms with Gasteiger partial charge in [0.15, 0.2) is 0 Å². The molecule has 0 saturated carbocycles. The van der Waals surface area contributed by atoms with Crippen LogP contribution >= 0.6 is 22.9 Å². The highest BCUT2D eigenvalue weighted by Gasteiger charge is 1.82. The van der Waals surface area contributed by atoms with Gasteiger partial charge in [-0.1, -0.05) is 6.92 Å². The Hall–Kier alpha value is 0.650. The van der Waals surface area contributed by atoms with Gasteiger partial charge in [0, 0.05) is 29.4 Å². The average Bonchev–Trinajstić information content (AvgIpc) is 1.65. The molecule has 2 nitrogen and oxygen atoms in total. The van der Waals surface area contributed by atoms with Crippen molar-refractivity contribution in [2.45, 2.75) is 6.92 Å². The van der Waals surface area contributed by atoms with Gasteiger partial charge in [-0.2, -0.15) is 3.22 Å². The molecule has 0 unspecified atom stereocenters. The van der Waals surface area contributed by atoms with E-state index >= 15 is 0 Å². The lowest BCUT2D eigenvalue weighted by atomic mass is 10.8. The van der Waals surface area contributed by atoms with Gasteiger partial charge < -0.3 is 0 Å². The second-order valence-corrected chi connectivity index (χ2v) is 2.07. The molecular formula is C3H9IN2. The first-order valence-corrected chi connectivity index (χ1v) is 2.88. The molecular weight excluding hydrogens is 191 g/mol. The Labute approximate surface area is 52.4 Å². The molecule has 3 heteroatoms. The van der Waals surface area contributed by atoms with Crippen molar-refractivity contribution in [1.82, 2.24) is 8.65 Å². The van der Waals surface area contributed by atoms with Gasteiger partial charge in [0.1, 0.15) is 0 Å². The zero-order valence-corrected chi connectivity index (χ0v) is 6.19. The summed E-state index contributed by atoms with van der Waals surface area (Å²) in [7, 11) is 1.90. The largest absolute Gasteiger partial charge is 0.249 e. The predicted octanol–water partition coefficient (Wildman–Crippen LogP) is 0.793. The van der Waals surface area contributed by atoms with E-state index in [1.54, 1.807) is 0 Å². The zero-order chi connectivity index (χ0) is 4.99. The van der Waals surface area contributed by atoms with Crippen molar-refractivity contribution in [3.05, 3.63) is 0 Å². The third kappa shape index (κ3) is 2.87. The number of halogens is 1. The number of hydrazine groups is 1. The van der Waals surface area contributed by atoms with E-state index in [0.29, 0.717) is 0 Å². The van der Waals surface area contributed by atoms with E-state index in [1.807, 2.05) is 10.3 Å². The lowest BCUT2D eigenvalue weighted by Crippen LogP contribution is -2.23. The number of rotatable bonds is 2. The first-order valence-electron chi connectivity index (χ1n) is 1.92. The maximum atomic E-state index is 2.93. The van der Waals surface area contributed by atoms with E-state index in [-0.39, 0.29) is 0 Å². The van der Waals surface area contributed by atoms with Crippen LogP contribution in [0.5, 0.6) is 0 Å². The third-order valence-corrected chi connectivity index (χ3v) is 1.68. The maximum Gasteiger partial charge on any atom is 0.0366 e. The van der Waals surface area contributed by atoms with Crippen LogP contribution in [-0.4, -0.2) is 16.8 Å². The summed E-state index contributed by atoms with van der Waals surface area (Å²) in [5, 5.41) is 0. The van der Waals surface area contributed by atoms with Crippen LogP contribution in [0.15, 0.2) is 0 Å². The summed E-state index contributed by atoms with van der Waals surface area (Å²) in [6.45, 7) is 3.12. The van der Waals surface area contributed by atoms with Crippen molar-refractivity contribution in [3.63, 3.8) is 0 Å². The Bertz CT molecular complexity index is 28.0. The minimum Gasteiger partial charge on any atom is -0.249 e. The molecule has 1 N–H and O–H groups in total. The first kappa shape index (κ1) is 6.65. The maximum absolute atomic E-state index is 2.93. The summed E-state index contributed by atoms with van der Waals surface area (Å²) in [6.07, 6.45) is 0. The molecule has 0 radical (unpaired) electrons. The van der Waals surface area contributed by atoms with Gasteiger partial charge in [-0.25, -0.2) is 5.43 Å². The molecule has 0 heterocycles. The summed E-state index contributed by atoms with van der Waals surface area (Å²) in [5.74, 6) is 0. The van der Waals surface area contributed by atoms with Crippen molar-refractivity contribution in [3.8, 4) is 0 Å². The quantitative estimate of drug-likeness (QED) is 0.402. The summed E-state index contributed by atoms with van der Waals surface area (Å²) >= 11 is 2.19. The Kier molecular flexibility index (Phi) is 4.24. The lowest BCUT2D eigenvalue weighted by Gasteiger charge is -2.05. The minimum atomic E-state index is 1.04. The Morgan fingerprint density at radius 3 is 2.33 bits per heavy atom. The third-order valence-electron chi connectivity index (χ3n) is 0.520. The smallest absolute Gasteiger partial charge is 0.0366 e. The molecule has 0 aromatic rings. The predicted molar refractivity (Wildman–Crippen MR) is 35.5 cm³/mol. The van der Waals surface area contributed by atoms with Crippen molar-refractivity contribution >= 4 is 22.9 Å². The van der Waals surface area contributed by atoms with Crippen LogP contribution in [0, 0.1) is 0 Å². The molecule has 0 fully saturated rings. The van der Waals surface area contributed by atoms with Gasteiger partial charge >= 0.3 is 0 Å². The van der Waals surface area contributed by atoms with Gasteiger partial charge in [0.05, 0.1) is 0 Å². The van der Waals surface area contributed by atoms with Gasteiger partial charge in [0.25, 0.3) is 0 Å². The van der Waals surface area contributed by atoms with Crippen LogP contribution in [-0.2, 0) is 0 Å². The highest BCUT2D eigenvalue weighted by Crippen LogP contribution is 1.86. The lowest BCUT2D eigenvalue weighted by molar-refractivity contribution is 0.445. The molecule has 38 valence electrons. The molecule has 0 aromatic heterocycles. The zero-order valence-electron chi connectivity index (χ0n) is 4.03. The van der Waals surface area contributed by atoms with Crippen LogP contribution in [0.2, 0.25) is 0 Å². The number of hydrogen-bond acceptors (Lipinski definition) is 2. The van der Waals surface area contributed by atoms with Gasteiger partial charge in [0.2, 0.25) is 0 Å². The van der Waals surface area contributed by atoms with Crippen LogP contribution in [0.3, 0.4) is 0 Å². The van der Waals surface area contributed by atoms with Gasteiger partial charge in [-0.15, -0.1) is 0 Å². The Morgan fingerprint density at radius 1 is 1.83 bits per heavy atom. The van der Waals surface area contributed by atoms with E-state index in [1.165, 1.54) is 0 Å². The summed E-state index contributed by atoms with van der Waals surface area (Å²) in [6, 6.07) is 0. The fourth-order valence-corrected chi connectivity index (χ4v) is 0.158. The topological polar surface area (TPSA) is 15.3 Å². The monoisotopic (exact) mass is 200 g/mol. The molecule has 0 amide bonds. The van der Waals surface area contributed by atoms with Crippen molar-refractivity contribution in [2.24, 2.45) is 0 Å². The average molecular weight is 200 g/mol. The second-order valence-electron chi connectivity index (χ2n) is 0.902. The number of hydrogen-bond donors (Lipinski definition) is 1. The molecule has 0 aliphatic rings. The molecule has 0 aliphatic carbocycles. The van der Waals surface area contributed by atoms with Crippen molar-refractivity contribution < 1.29 is 0 Å². The van der Waals surface area contributed by atoms with Crippen LogP contribution in [0.4, 0.5) is 0 Å². The van der Waals surface area contributed by atoms with E-state index in [9.17, 15) is 0 Å². The molecule has 0 bridgehead atoms. The van der Waals surface area contributed by atoms with Crippen molar-refractivity contribution in [2.75, 3.05) is 13.6 Å². The Morgan fingerprint density at radius 2 is 2.33 bits per heavy atom. The molecule has 0 spiro atoms.